The summed E-state index contributed by atoms with van der Waals surface area (Å²) in [5.41, 5.74) is 1.76. The summed E-state index contributed by atoms with van der Waals surface area (Å²) in [5, 5.41) is 0.633. The zero-order chi connectivity index (χ0) is 15.5. The first-order chi connectivity index (χ1) is 10.6. The van der Waals surface area contributed by atoms with E-state index in [-0.39, 0.29) is 18.1 Å². The number of carbonyl (C=O) groups excluding carboxylic acids is 1. The first-order valence-electron chi connectivity index (χ1n) is 7.38. The van der Waals surface area contributed by atoms with Gasteiger partial charge in [-0.25, -0.2) is 0 Å². The summed E-state index contributed by atoms with van der Waals surface area (Å²) in [6.45, 7) is 3.11. The largest absolute Gasteiger partial charge is 0.370 e. The van der Waals surface area contributed by atoms with Crippen LogP contribution in [-0.4, -0.2) is 30.0 Å². The average molecular weight is 316 g/mol. The molecule has 1 saturated heterocycles. The van der Waals surface area contributed by atoms with Gasteiger partial charge in [-0.2, -0.15) is 0 Å². The van der Waals surface area contributed by atoms with Crippen LogP contribution in [0, 0.1) is 0 Å². The first-order valence-corrected chi connectivity index (χ1v) is 7.76. The van der Waals surface area contributed by atoms with Gasteiger partial charge in [-0.3, -0.25) is 4.79 Å². The standard InChI is InChI=1S/C18H18ClNO2/c1-13-12-22-17(14-5-3-2-4-6-14)11-20(13)18(21)15-7-9-16(19)10-8-15/h2-10,13,17H,11-12H2,1H3. The minimum Gasteiger partial charge on any atom is -0.370 e. The number of halogens is 1. The van der Waals surface area contributed by atoms with E-state index in [9.17, 15) is 4.79 Å². The van der Waals surface area contributed by atoms with Crippen molar-refractivity contribution in [1.82, 2.24) is 4.90 Å². The molecule has 3 rings (SSSR count). The van der Waals surface area contributed by atoms with Crippen LogP contribution in [0.3, 0.4) is 0 Å². The maximum atomic E-state index is 12.7. The van der Waals surface area contributed by atoms with Crippen molar-refractivity contribution in [3.05, 3.63) is 70.7 Å². The highest BCUT2D eigenvalue weighted by Crippen LogP contribution is 2.26. The molecule has 0 spiro atoms. The molecule has 1 aliphatic heterocycles. The molecule has 1 heterocycles. The zero-order valence-electron chi connectivity index (χ0n) is 12.4. The lowest BCUT2D eigenvalue weighted by Crippen LogP contribution is -2.48. The molecule has 0 saturated carbocycles. The van der Waals surface area contributed by atoms with Gasteiger partial charge in [-0.05, 0) is 36.8 Å². The number of ether oxygens (including phenoxy) is 1. The van der Waals surface area contributed by atoms with Gasteiger partial charge in [-0.1, -0.05) is 41.9 Å². The fourth-order valence-corrected chi connectivity index (χ4v) is 2.79. The number of rotatable bonds is 2. The molecule has 3 nitrogen and oxygen atoms in total. The third kappa shape index (κ3) is 3.16. The molecular formula is C18H18ClNO2. The third-order valence-electron chi connectivity index (χ3n) is 3.96. The molecule has 2 aromatic carbocycles. The molecule has 2 unspecified atom stereocenters. The molecule has 1 amide bonds. The molecule has 0 N–H and O–H groups in total. The number of morpholine rings is 1. The predicted octanol–water partition coefficient (Wildman–Crippen LogP) is 3.94. The topological polar surface area (TPSA) is 29.5 Å². The van der Waals surface area contributed by atoms with Crippen molar-refractivity contribution in [2.75, 3.05) is 13.2 Å². The second kappa shape index (κ2) is 6.51. The Morgan fingerprint density at radius 2 is 1.82 bits per heavy atom. The van der Waals surface area contributed by atoms with Gasteiger partial charge in [-0.15, -0.1) is 0 Å². The van der Waals surface area contributed by atoms with Crippen LogP contribution in [0.5, 0.6) is 0 Å². The van der Waals surface area contributed by atoms with Gasteiger partial charge >= 0.3 is 0 Å². The van der Waals surface area contributed by atoms with E-state index in [0.29, 0.717) is 23.7 Å². The van der Waals surface area contributed by atoms with Crippen molar-refractivity contribution in [2.24, 2.45) is 0 Å². The van der Waals surface area contributed by atoms with Crippen molar-refractivity contribution in [1.29, 1.82) is 0 Å². The Morgan fingerprint density at radius 3 is 2.50 bits per heavy atom. The van der Waals surface area contributed by atoms with Crippen LogP contribution in [0.15, 0.2) is 54.6 Å². The highest BCUT2D eigenvalue weighted by atomic mass is 35.5. The highest BCUT2D eigenvalue weighted by Gasteiger charge is 2.30. The summed E-state index contributed by atoms with van der Waals surface area (Å²) in [5.74, 6) is 0.0217. The van der Waals surface area contributed by atoms with Crippen molar-refractivity contribution in [3.63, 3.8) is 0 Å². The zero-order valence-corrected chi connectivity index (χ0v) is 13.2. The van der Waals surface area contributed by atoms with Crippen LogP contribution in [-0.2, 0) is 4.74 Å². The number of benzene rings is 2. The van der Waals surface area contributed by atoms with Crippen LogP contribution >= 0.6 is 11.6 Å². The molecule has 1 fully saturated rings. The van der Waals surface area contributed by atoms with Gasteiger partial charge in [0.2, 0.25) is 0 Å². The van der Waals surface area contributed by atoms with Crippen LogP contribution in [0.2, 0.25) is 5.02 Å². The molecule has 0 aliphatic carbocycles. The van der Waals surface area contributed by atoms with Crippen LogP contribution in [0.25, 0.3) is 0 Å². The van der Waals surface area contributed by atoms with E-state index in [4.69, 9.17) is 16.3 Å². The molecule has 2 aromatic rings. The SMILES string of the molecule is CC1COC(c2ccccc2)CN1C(=O)c1ccc(Cl)cc1. The van der Waals surface area contributed by atoms with E-state index >= 15 is 0 Å². The number of carbonyl (C=O) groups is 1. The predicted molar refractivity (Wildman–Crippen MR) is 87.1 cm³/mol. The van der Waals surface area contributed by atoms with Crippen molar-refractivity contribution >= 4 is 17.5 Å². The Labute approximate surface area is 135 Å². The van der Waals surface area contributed by atoms with Crippen LogP contribution in [0.4, 0.5) is 0 Å². The van der Waals surface area contributed by atoms with Crippen LogP contribution in [0.1, 0.15) is 28.9 Å². The highest BCUT2D eigenvalue weighted by molar-refractivity contribution is 6.30. The summed E-state index contributed by atoms with van der Waals surface area (Å²) < 4.78 is 5.90. The van der Waals surface area contributed by atoms with E-state index in [2.05, 4.69) is 0 Å². The van der Waals surface area contributed by atoms with Gasteiger partial charge in [0.25, 0.3) is 5.91 Å². The molecule has 0 bridgehead atoms. The fraction of sp³-hybridized carbons (Fsp3) is 0.278. The van der Waals surface area contributed by atoms with E-state index < -0.39 is 0 Å². The van der Waals surface area contributed by atoms with E-state index in [1.54, 1.807) is 24.3 Å². The smallest absolute Gasteiger partial charge is 0.254 e. The lowest BCUT2D eigenvalue weighted by Gasteiger charge is -2.38. The van der Waals surface area contributed by atoms with Crippen molar-refractivity contribution < 1.29 is 9.53 Å². The Balaban J connectivity index is 1.79. The quantitative estimate of drug-likeness (QED) is 0.840. The summed E-state index contributed by atoms with van der Waals surface area (Å²) >= 11 is 5.89. The van der Waals surface area contributed by atoms with E-state index in [0.717, 1.165) is 5.56 Å². The summed E-state index contributed by atoms with van der Waals surface area (Å²) in [4.78, 5) is 14.6. The number of hydrogen-bond acceptors (Lipinski definition) is 2. The minimum atomic E-state index is -0.0753. The Bertz CT molecular complexity index is 642. The molecule has 0 radical (unpaired) electrons. The third-order valence-corrected chi connectivity index (χ3v) is 4.21. The average Bonchev–Trinajstić information content (AvgIpc) is 2.56. The second-order valence-electron chi connectivity index (χ2n) is 5.55. The van der Waals surface area contributed by atoms with E-state index in [1.807, 2.05) is 42.2 Å². The molecule has 114 valence electrons. The lowest BCUT2D eigenvalue weighted by molar-refractivity contribution is -0.0486. The maximum absolute atomic E-state index is 12.7. The Hall–Kier alpha value is -1.84. The Kier molecular flexibility index (Phi) is 4.46. The molecule has 0 aromatic heterocycles. The Morgan fingerprint density at radius 1 is 1.14 bits per heavy atom. The molecule has 2 atom stereocenters. The van der Waals surface area contributed by atoms with Crippen LogP contribution < -0.4 is 0 Å². The number of hydrogen-bond donors (Lipinski definition) is 0. The molecule has 22 heavy (non-hydrogen) atoms. The van der Waals surface area contributed by atoms with Gasteiger partial charge in [0, 0.05) is 10.6 Å². The van der Waals surface area contributed by atoms with Gasteiger partial charge in [0.15, 0.2) is 0 Å². The van der Waals surface area contributed by atoms with Gasteiger partial charge in [0.05, 0.1) is 19.2 Å². The summed E-state index contributed by atoms with van der Waals surface area (Å²) in [6, 6.07) is 17.1. The molecular weight excluding hydrogens is 298 g/mol. The normalized spacial score (nSPS) is 21.6. The summed E-state index contributed by atoms with van der Waals surface area (Å²) in [6.07, 6.45) is -0.0753. The lowest BCUT2D eigenvalue weighted by atomic mass is 10.0. The number of amides is 1. The van der Waals surface area contributed by atoms with E-state index in [1.165, 1.54) is 0 Å². The first kappa shape index (κ1) is 15.1. The fourth-order valence-electron chi connectivity index (χ4n) is 2.67. The second-order valence-corrected chi connectivity index (χ2v) is 5.98. The van der Waals surface area contributed by atoms with Crippen molar-refractivity contribution in [2.45, 2.75) is 19.1 Å². The maximum Gasteiger partial charge on any atom is 0.254 e. The van der Waals surface area contributed by atoms with Crippen molar-refractivity contribution in [3.8, 4) is 0 Å². The minimum absolute atomic E-state index is 0.0217. The monoisotopic (exact) mass is 315 g/mol. The molecule has 1 aliphatic rings. The summed E-state index contributed by atoms with van der Waals surface area (Å²) in [7, 11) is 0. The number of nitrogens with zero attached hydrogens (tertiary/aromatic N) is 1. The molecule has 4 heteroatoms. The van der Waals surface area contributed by atoms with Gasteiger partial charge in [0.1, 0.15) is 6.10 Å². The van der Waals surface area contributed by atoms with Gasteiger partial charge < -0.3 is 9.64 Å².